The van der Waals surface area contributed by atoms with Crippen LogP contribution in [0, 0.1) is 0 Å². The Balaban J connectivity index is 1.61. The summed E-state index contributed by atoms with van der Waals surface area (Å²) in [6.07, 6.45) is 2.44. The minimum absolute atomic E-state index is 0.240. The first-order chi connectivity index (χ1) is 9.81. The quantitative estimate of drug-likeness (QED) is 0.795. The van der Waals surface area contributed by atoms with Gasteiger partial charge in [-0.15, -0.1) is 5.10 Å². The van der Waals surface area contributed by atoms with Crippen molar-refractivity contribution in [3.8, 4) is 0 Å². The largest absolute Gasteiger partial charge is 0.376 e. The molecule has 1 fully saturated rings. The zero-order valence-corrected chi connectivity index (χ0v) is 12.5. The molecule has 1 aromatic heterocycles. The van der Waals surface area contributed by atoms with E-state index in [1.165, 1.54) is 0 Å². The molecule has 3 rings (SSSR count). The highest BCUT2D eigenvalue weighted by Crippen LogP contribution is 2.23. The molecule has 1 saturated heterocycles. The van der Waals surface area contributed by atoms with Crippen molar-refractivity contribution < 1.29 is 4.74 Å². The molecule has 1 aliphatic heterocycles. The number of nitrogens with zero attached hydrogens (tertiary/aromatic N) is 4. The van der Waals surface area contributed by atoms with Gasteiger partial charge in [0.05, 0.1) is 12.6 Å². The lowest BCUT2D eigenvalue weighted by molar-refractivity contribution is 0.0912. The third kappa shape index (κ3) is 3.50. The monoisotopic (exact) mass is 310 g/mol. The lowest BCUT2D eigenvalue weighted by atomic mass is 10.2. The summed E-state index contributed by atoms with van der Waals surface area (Å²) < 4.78 is 7.44. The summed E-state index contributed by atoms with van der Waals surface area (Å²) in [5.74, 6) is 0.798. The van der Waals surface area contributed by atoms with Crippen LogP contribution >= 0.6 is 23.4 Å². The molecule has 1 unspecified atom stereocenters. The maximum Gasteiger partial charge on any atom is 0.209 e. The Morgan fingerprint density at radius 3 is 3.20 bits per heavy atom. The zero-order chi connectivity index (χ0) is 13.8. The third-order valence-corrected chi connectivity index (χ3v) is 4.42. The average Bonchev–Trinajstić information content (AvgIpc) is 3.09. The number of benzene rings is 1. The van der Waals surface area contributed by atoms with Crippen molar-refractivity contribution in [1.82, 2.24) is 20.2 Å². The number of tetrazole rings is 1. The molecular weight excluding hydrogens is 296 g/mol. The lowest BCUT2D eigenvalue weighted by Gasteiger charge is -2.09. The van der Waals surface area contributed by atoms with Crippen LogP contribution in [0.25, 0.3) is 0 Å². The Hall–Kier alpha value is -1.11. The predicted molar refractivity (Wildman–Crippen MR) is 77.8 cm³/mol. The van der Waals surface area contributed by atoms with Crippen LogP contribution in [0.1, 0.15) is 18.4 Å². The molecule has 0 N–H and O–H groups in total. The Kier molecular flexibility index (Phi) is 4.54. The summed E-state index contributed by atoms with van der Waals surface area (Å²) in [7, 11) is 0. The van der Waals surface area contributed by atoms with Crippen molar-refractivity contribution in [3.63, 3.8) is 0 Å². The van der Waals surface area contributed by atoms with Gasteiger partial charge in [0.1, 0.15) is 0 Å². The van der Waals surface area contributed by atoms with Crippen molar-refractivity contribution >= 4 is 23.4 Å². The highest BCUT2D eigenvalue weighted by Gasteiger charge is 2.18. The van der Waals surface area contributed by atoms with E-state index in [4.69, 9.17) is 16.3 Å². The second-order valence-corrected chi connectivity index (χ2v) is 6.08. The number of hydrogen-bond donors (Lipinski definition) is 0. The van der Waals surface area contributed by atoms with Gasteiger partial charge in [-0.2, -0.15) is 0 Å². The van der Waals surface area contributed by atoms with Crippen molar-refractivity contribution in [3.05, 3.63) is 34.9 Å². The fourth-order valence-electron chi connectivity index (χ4n) is 2.17. The van der Waals surface area contributed by atoms with Gasteiger partial charge in [0.15, 0.2) is 0 Å². The molecule has 0 spiro atoms. The maximum absolute atomic E-state index is 5.98. The average molecular weight is 311 g/mol. The second kappa shape index (κ2) is 6.56. The highest BCUT2D eigenvalue weighted by atomic mass is 35.5. The van der Waals surface area contributed by atoms with Gasteiger partial charge in [-0.1, -0.05) is 35.5 Å². The minimum Gasteiger partial charge on any atom is -0.376 e. The summed E-state index contributed by atoms with van der Waals surface area (Å²) in [6, 6.07) is 7.83. The first-order valence-electron chi connectivity index (χ1n) is 6.56. The number of aromatic nitrogens is 4. The van der Waals surface area contributed by atoms with E-state index in [1.807, 2.05) is 28.9 Å². The number of thioether (sulfide) groups is 1. The van der Waals surface area contributed by atoms with Gasteiger partial charge >= 0.3 is 0 Å². The molecule has 5 nitrogen and oxygen atoms in total. The number of hydrogen-bond acceptors (Lipinski definition) is 5. The molecule has 1 aromatic carbocycles. The van der Waals surface area contributed by atoms with Gasteiger partial charge in [0, 0.05) is 17.4 Å². The van der Waals surface area contributed by atoms with Crippen molar-refractivity contribution in [2.24, 2.45) is 0 Å². The molecule has 0 amide bonds. The van der Waals surface area contributed by atoms with Gasteiger partial charge in [0.2, 0.25) is 5.16 Å². The molecule has 2 heterocycles. The van der Waals surface area contributed by atoms with Crippen LogP contribution in [-0.4, -0.2) is 32.9 Å². The summed E-state index contributed by atoms with van der Waals surface area (Å²) in [5.41, 5.74) is 1.16. The molecule has 0 saturated carbocycles. The molecule has 1 aliphatic rings. The maximum atomic E-state index is 5.98. The van der Waals surface area contributed by atoms with Crippen LogP contribution < -0.4 is 0 Å². The van der Waals surface area contributed by atoms with E-state index >= 15 is 0 Å². The van der Waals surface area contributed by atoms with Crippen LogP contribution in [0.2, 0.25) is 5.02 Å². The Bertz CT molecular complexity index is 571. The molecule has 1 atom stereocenters. The molecule has 7 heteroatoms. The fraction of sp³-hybridized carbons (Fsp3) is 0.462. The molecule has 0 bridgehead atoms. The van der Waals surface area contributed by atoms with Crippen molar-refractivity contribution in [1.29, 1.82) is 0 Å². The third-order valence-electron chi connectivity index (χ3n) is 3.16. The van der Waals surface area contributed by atoms with E-state index in [-0.39, 0.29) is 6.10 Å². The van der Waals surface area contributed by atoms with E-state index in [2.05, 4.69) is 15.5 Å². The molecule has 0 radical (unpaired) electrons. The van der Waals surface area contributed by atoms with Gasteiger partial charge in [-0.3, -0.25) is 0 Å². The predicted octanol–water partition coefficient (Wildman–Crippen LogP) is 2.80. The van der Waals surface area contributed by atoms with Crippen LogP contribution in [0.3, 0.4) is 0 Å². The van der Waals surface area contributed by atoms with Crippen LogP contribution in [0.5, 0.6) is 0 Å². The molecule has 106 valence electrons. The van der Waals surface area contributed by atoms with E-state index in [9.17, 15) is 0 Å². The normalized spacial score (nSPS) is 18.6. The van der Waals surface area contributed by atoms with Crippen LogP contribution in [0.4, 0.5) is 0 Å². The lowest BCUT2D eigenvalue weighted by Crippen LogP contribution is -2.16. The first kappa shape index (κ1) is 13.9. The Labute approximate surface area is 126 Å². The first-order valence-corrected chi connectivity index (χ1v) is 7.92. The fourth-order valence-corrected chi connectivity index (χ4v) is 3.21. The minimum atomic E-state index is 0.240. The summed E-state index contributed by atoms with van der Waals surface area (Å²) in [6.45, 7) is 1.57. The van der Waals surface area contributed by atoms with Crippen LogP contribution in [0.15, 0.2) is 29.4 Å². The second-order valence-electron chi connectivity index (χ2n) is 4.70. The summed E-state index contributed by atoms with van der Waals surface area (Å²) in [5, 5.41) is 13.4. The van der Waals surface area contributed by atoms with Crippen LogP contribution in [-0.2, 0) is 17.0 Å². The molecular formula is C13H15ClN4OS. The number of halogens is 1. The zero-order valence-electron chi connectivity index (χ0n) is 10.9. The molecule has 0 aliphatic carbocycles. The van der Waals surface area contributed by atoms with E-state index in [0.29, 0.717) is 0 Å². The van der Waals surface area contributed by atoms with Crippen molar-refractivity contribution in [2.75, 3.05) is 6.61 Å². The van der Waals surface area contributed by atoms with Gasteiger partial charge < -0.3 is 4.74 Å². The number of rotatable bonds is 5. The molecule has 2 aromatic rings. The SMILES string of the molecule is Clc1cccc(CSc2nnnn2CC2CCCO2)c1. The summed E-state index contributed by atoms with van der Waals surface area (Å²) >= 11 is 7.59. The topological polar surface area (TPSA) is 52.8 Å². The standard InChI is InChI=1S/C13H15ClN4OS/c14-11-4-1-3-10(7-11)9-20-13-15-16-17-18(13)8-12-5-2-6-19-12/h1,3-4,7,12H,2,5-6,8-9H2. The van der Waals surface area contributed by atoms with E-state index < -0.39 is 0 Å². The van der Waals surface area contributed by atoms with Gasteiger partial charge in [0.25, 0.3) is 0 Å². The Morgan fingerprint density at radius 2 is 2.40 bits per heavy atom. The smallest absolute Gasteiger partial charge is 0.209 e. The van der Waals surface area contributed by atoms with Gasteiger partial charge in [-0.25, -0.2) is 4.68 Å². The van der Waals surface area contributed by atoms with E-state index in [0.717, 1.165) is 47.5 Å². The number of ether oxygens (including phenoxy) is 1. The summed E-state index contributed by atoms with van der Waals surface area (Å²) in [4.78, 5) is 0. The van der Waals surface area contributed by atoms with Gasteiger partial charge in [-0.05, 0) is 41.0 Å². The highest BCUT2D eigenvalue weighted by molar-refractivity contribution is 7.98. The van der Waals surface area contributed by atoms with Crippen molar-refractivity contribution in [2.45, 2.75) is 36.4 Å². The van der Waals surface area contributed by atoms with E-state index in [1.54, 1.807) is 11.8 Å². The Morgan fingerprint density at radius 1 is 1.45 bits per heavy atom. The molecule has 20 heavy (non-hydrogen) atoms.